The van der Waals surface area contributed by atoms with Crippen LogP contribution in [-0.4, -0.2) is 44.2 Å². The number of carbonyl (C=O) groups excluding carboxylic acids is 2. The van der Waals surface area contributed by atoms with Gasteiger partial charge in [0.15, 0.2) is 11.4 Å². The van der Waals surface area contributed by atoms with Crippen LogP contribution in [0.5, 0.6) is 0 Å². The van der Waals surface area contributed by atoms with Gasteiger partial charge in [-0.25, -0.2) is 0 Å². The van der Waals surface area contributed by atoms with E-state index in [1.807, 2.05) is 0 Å². The maximum absolute atomic E-state index is 14.0. The van der Waals surface area contributed by atoms with Crippen LogP contribution in [0.1, 0.15) is 79.6 Å². The van der Waals surface area contributed by atoms with E-state index >= 15 is 0 Å². The quantitative estimate of drug-likeness (QED) is 0.601. The Kier molecular flexibility index (Phi) is 5.05. The molecule has 5 aliphatic carbocycles. The average Bonchev–Trinajstić information content (AvgIpc) is 3.23. The fourth-order valence-corrected chi connectivity index (χ4v) is 8.68. The molecule has 0 unspecified atom stereocenters. The van der Waals surface area contributed by atoms with Gasteiger partial charge >= 0.3 is 0 Å². The number of aliphatic hydroxyl groups excluding tert-OH is 1. The number of allylic oxidation sites excluding steroid dienone is 1. The molecule has 9 atom stereocenters. The Morgan fingerprint density at radius 2 is 1.79 bits per heavy atom. The third-order valence-corrected chi connectivity index (χ3v) is 11.2. The first-order valence-electron chi connectivity index (χ1n) is 12.9. The van der Waals surface area contributed by atoms with Gasteiger partial charge in [-0.2, -0.15) is 0 Å². The van der Waals surface area contributed by atoms with E-state index in [9.17, 15) is 24.9 Å². The molecule has 0 radical (unpaired) electrons. The summed E-state index contributed by atoms with van der Waals surface area (Å²) in [6.45, 7) is 10.4. The second kappa shape index (κ2) is 7.11. The molecule has 182 valence electrons. The van der Waals surface area contributed by atoms with E-state index in [0.29, 0.717) is 29.7 Å². The summed E-state index contributed by atoms with van der Waals surface area (Å²) in [7, 11) is 0. The zero-order chi connectivity index (χ0) is 24.1. The number of hydrogen-bond acceptors (Lipinski definition) is 5. The largest absolute Gasteiger partial charge is 0.393 e. The molecule has 33 heavy (non-hydrogen) atoms. The number of Topliss-reactive ketones (excluding diaryl/α,β-unsaturated/α-hetero) is 2. The summed E-state index contributed by atoms with van der Waals surface area (Å²) in [5.74, 6) is 1.09. The first-order valence-corrected chi connectivity index (χ1v) is 12.9. The first-order chi connectivity index (χ1) is 15.3. The Bertz CT molecular complexity index is 963. The predicted molar refractivity (Wildman–Crippen MR) is 125 cm³/mol. The number of carbonyl (C=O) groups is 2. The van der Waals surface area contributed by atoms with Gasteiger partial charge in [0.05, 0.1) is 11.7 Å². The van der Waals surface area contributed by atoms with Crippen LogP contribution in [0.15, 0.2) is 23.3 Å². The Balaban J connectivity index is 1.62. The van der Waals surface area contributed by atoms with Crippen molar-refractivity contribution in [3.8, 4) is 0 Å². The summed E-state index contributed by atoms with van der Waals surface area (Å²) < 4.78 is 0. The molecule has 5 heteroatoms. The zero-order valence-electron chi connectivity index (χ0n) is 20.7. The van der Waals surface area contributed by atoms with Crippen LogP contribution in [0.3, 0.4) is 0 Å². The van der Waals surface area contributed by atoms with Gasteiger partial charge in [0.2, 0.25) is 0 Å². The van der Waals surface area contributed by atoms with Crippen molar-refractivity contribution in [1.29, 1.82) is 0 Å². The van der Waals surface area contributed by atoms with Gasteiger partial charge in [-0.3, -0.25) is 9.59 Å². The lowest BCUT2D eigenvalue weighted by molar-refractivity contribution is -0.190. The fourth-order valence-electron chi connectivity index (χ4n) is 8.68. The van der Waals surface area contributed by atoms with Gasteiger partial charge in [0.25, 0.3) is 0 Å². The van der Waals surface area contributed by atoms with E-state index in [0.717, 1.165) is 19.3 Å². The van der Waals surface area contributed by atoms with Crippen molar-refractivity contribution in [1.82, 2.24) is 0 Å². The average molecular weight is 457 g/mol. The highest BCUT2D eigenvalue weighted by Gasteiger charge is 2.72. The minimum Gasteiger partial charge on any atom is -0.393 e. The summed E-state index contributed by atoms with van der Waals surface area (Å²) in [5.41, 5.74) is -2.84. The summed E-state index contributed by atoms with van der Waals surface area (Å²) >= 11 is 0. The molecule has 1 spiro atoms. The van der Waals surface area contributed by atoms with Crippen molar-refractivity contribution in [2.45, 2.75) is 96.9 Å². The van der Waals surface area contributed by atoms with Crippen molar-refractivity contribution in [3.63, 3.8) is 0 Å². The maximum atomic E-state index is 14.0. The van der Waals surface area contributed by atoms with Crippen molar-refractivity contribution >= 4 is 11.6 Å². The minimum absolute atomic E-state index is 0.0271. The highest BCUT2D eigenvalue weighted by molar-refractivity contribution is 5.97. The lowest BCUT2D eigenvalue weighted by Gasteiger charge is -2.60. The van der Waals surface area contributed by atoms with E-state index in [1.165, 1.54) is 5.57 Å². The molecule has 3 N–H and O–H groups in total. The van der Waals surface area contributed by atoms with Gasteiger partial charge in [-0.15, -0.1) is 0 Å². The molecule has 3 fully saturated rings. The molecule has 0 aliphatic heterocycles. The van der Waals surface area contributed by atoms with Crippen molar-refractivity contribution < 1.29 is 24.9 Å². The smallest absolute Gasteiger partial charge is 0.170 e. The first kappa shape index (κ1) is 23.4. The van der Waals surface area contributed by atoms with E-state index in [1.54, 1.807) is 19.1 Å². The minimum atomic E-state index is -1.77. The van der Waals surface area contributed by atoms with E-state index in [-0.39, 0.29) is 48.1 Å². The lowest BCUT2D eigenvalue weighted by Crippen LogP contribution is -2.69. The third-order valence-electron chi connectivity index (χ3n) is 11.2. The fraction of sp³-hybridized carbons (Fsp3) is 0.786. The Labute approximate surface area is 197 Å². The van der Waals surface area contributed by atoms with Gasteiger partial charge in [-0.05, 0) is 60.8 Å². The van der Waals surface area contributed by atoms with Crippen LogP contribution < -0.4 is 0 Å². The van der Waals surface area contributed by atoms with Crippen LogP contribution in [0, 0.1) is 40.4 Å². The van der Waals surface area contributed by atoms with Crippen LogP contribution in [0.25, 0.3) is 0 Å². The number of ketones is 2. The third kappa shape index (κ3) is 2.70. The maximum Gasteiger partial charge on any atom is 0.170 e. The van der Waals surface area contributed by atoms with Gasteiger partial charge in [0.1, 0.15) is 5.78 Å². The number of aliphatic hydroxyl groups is 3. The van der Waals surface area contributed by atoms with Gasteiger partial charge in [0, 0.05) is 30.1 Å². The topological polar surface area (TPSA) is 94.8 Å². The molecule has 0 bridgehead atoms. The second-order valence-corrected chi connectivity index (χ2v) is 12.6. The number of rotatable bonds is 3. The standard InChI is InChI=1S/C28H40O5/c1-15(2)16(3)24(31)19-13-26-14-23(30)28(33)22(21(26)7-6-20(26)17(19)4)9-11-27(32)12-18(29)8-10-25(27,28)5/h9,11,15-17,19-20,24,31-33H,6-8,10,12-14H2,1-5H3/t16-,17-,19-,20-,24+,25+,26-,27+,28-/m1/s1. The summed E-state index contributed by atoms with van der Waals surface area (Å²) in [5, 5.41) is 34.9. The number of fused-ring (bicyclic) bond motifs is 3. The van der Waals surface area contributed by atoms with Gasteiger partial charge < -0.3 is 15.3 Å². The summed E-state index contributed by atoms with van der Waals surface area (Å²) in [4.78, 5) is 26.1. The highest BCUT2D eigenvalue weighted by Crippen LogP contribution is 2.70. The summed E-state index contributed by atoms with van der Waals surface area (Å²) in [6, 6.07) is 0. The monoisotopic (exact) mass is 456 g/mol. The molecular weight excluding hydrogens is 416 g/mol. The molecule has 0 aromatic rings. The van der Waals surface area contributed by atoms with Crippen molar-refractivity contribution in [3.05, 3.63) is 23.3 Å². The molecular formula is C28H40O5. The van der Waals surface area contributed by atoms with Crippen LogP contribution in [0.2, 0.25) is 0 Å². The zero-order valence-corrected chi connectivity index (χ0v) is 20.7. The number of hydrogen-bond donors (Lipinski definition) is 3. The van der Waals surface area contributed by atoms with Crippen molar-refractivity contribution in [2.24, 2.45) is 40.4 Å². The highest BCUT2D eigenvalue weighted by atomic mass is 16.3. The second-order valence-electron chi connectivity index (χ2n) is 12.6. The normalized spacial score (nSPS) is 48.5. The van der Waals surface area contributed by atoms with E-state index in [4.69, 9.17) is 0 Å². The van der Waals surface area contributed by atoms with Crippen LogP contribution in [-0.2, 0) is 9.59 Å². The molecule has 0 heterocycles. The Hall–Kier alpha value is -1.30. The lowest BCUT2D eigenvalue weighted by atomic mass is 9.46. The molecule has 0 aromatic heterocycles. The predicted octanol–water partition coefficient (Wildman–Crippen LogP) is 3.75. The molecule has 5 nitrogen and oxygen atoms in total. The Morgan fingerprint density at radius 1 is 1.09 bits per heavy atom. The molecule has 0 amide bonds. The van der Waals surface area contributed by atoms with Gasteiger partial charge in [-0.1, -0.05) is 52.3 Å². The molecule has 0 saturated heterocycles. The van der Waals surface area contributed by atoms with Crippen LogP contribution >= 0.6 is 0 Å². The summed E-state index contributed by atoms with van der Waals surface area (Å²) in [6.07, 6.45) is 6.43. The molecule has 3 saturated carbocycles. The molecule has 0 aromatic carbocycles. The van der Waals surface area contributed by atoms with Crippen LogP contribution in [0.4, 0.5) is 0 Å². The molecule has 5 rings (SSSR count). The van der Waals surface area contributed by atoms with E-state index < -0.39 is 22.7 Å². The van der Waals surface area contributed by atoms with Crippen molar-refractivity contribution in [2.75, 3.05) is 0 Å². The molecule has 5 aliphatic rings. The van der Waals surface area contributed by atoms with E-state index in [2.05, 4.69) is 27.7 Å². The Morgan fingerprint density at radius 3 is 2.45 bits per heavy atom. The SMILES string of the molecule is CC(C)[C@@H](C)[C@H](O)[C@@H]1C[C@]23CC(=O)[C@]4(O)C(=C2CC[C@@H]3[C@@H]1C)C=C[C@]1(O)CC(=O)CC[C@]41C.